The van der Waals surface area contributed by atoms with Crippen molar-refractivity contribution < 1.29 is 5.11 Å². The third kappa shape index (κ3) is 4.84. The Balaban J connectivity index is 2.28. The molecule has 1 rings (SSSR count). The van der Waals surface area contributed by atoms with Crippen molar-refractivity contribution in [1.82, 2.24) is 4.90 Å². The van der Waals surface area contributed by atoms with Crippen molar-refractivity contribution in [3.05, 3.63) is 0 Å². The Bertz CT molecular complexity index is 204. The summed E-state index contributed by atoms with van der Waals surface area (Å²) >= 11 is 0. The van der Waals surface area contributed by atoms with Gasteiger partial charge in [-0.1, -0.05) is 20.8 Å². The molecule has 0 amide bonds. The Hall–Kier alpha value is -0.0800. The molecule has 0 unspecified atom stereocenters. The van der Waals surface area contributed by atoms with E-state index in [9.17, 15) is 5.11 Å². The molecule has 1 saturated heterocycles. The Labute approximate surface area is 101 Å². The maximum atomic E-state index is 9.97. The lowest BCUT2D eigenvalue weighted by molar-refractivity contribution is -0.0136. The van der Waals surface area contributed by atoms with E-state index in [1.54, 1.807) is 0 Å². The average molecular weight is 227 g/mol. The van der Waals surface area contributed by atoms with E-state index < -0.39 is 5.60 Å². The van der Waals surface area contributed by atoms with Crippen LogP contribution in [-0.4, -0.2) is 35.2 Å². The highest BCUT2D eigenvalue weighted by Gasteiger charge is 2.30. The number of likely N-dealkylation sites (tertiary alicyclic amines) is 1. The van der Waals surface area contributed by atoms with Crippen molar-refractivity contribution in [2.75, 3.05) is 19.6 Å². The summed E-state index contributed by atoms with van der Waals surface area (Å²) in [6.45, 7) is 14.3. The van der Waals surface area contributed by atoms with Gasteiger partial charge in [0.05, 0.1) is 5.60 Å². The summed E-state index contributed by atoms with van der Waals surface area (Å²) in [5.74, 6) is 0.485. The molecule has 0 aromatic rings. The predicted octanol–water partition coefficient (Wildman–Crippen LogP) is 2.91. The molecule has 16 heavy (non-hydrogen) atoms. The van der Waals surface area contributed by atoms with Crippen LogP contribution in [0.15, 0.2) is 0 Å². The van der Waals surface area contributed by atoms with E-state index in [1.165, 1.54) is 13.0 Å². The molecule has 96 valence electrons. The number of aliphatic hydroxyl groups is 1. The summed E-state index contributed by atoms with van der Waals surface area (Å²) in [6, 6.07) is 0. The van der Waals surface area contributed by atoms with E-state index in [2.05, 4.69) is 25.7 Å². The SMILES string of the molecule is CC(C)(C)CCN1CCC(C(C)(C)O)CC1. The van der Waals surface area contributed by atoms with Gasteiger partial charge in [0.2, 0.25) is 0 Å². The van der Waals surface area contributed by atoms with Gasteiger partial charge < -0.3 is 10.0 Å². The number of nitrogens with zero attached hydrogens (tertiary/aromatic N) is 1. The monoisotopic (exact) mass is 227 g/mol. The van der Waals surface area contributed by atoms with Crippen molar-refractivity contribution in [3.63, 3.8) is 0 Å². The first kappa shape index (κ1) is 14.0. The van der Waals surface area contributed by atoms with Crippen LogP contribution >= 0.6 is 0 Å². The molecule has 0 atom stereocenters. The molecule has 0 spiro atoms. The first-order chi connectivity index (χ1) is 7.18. The number of piperidine rings is 1. The number of rotatable bonds is 3. The largest absolute Gasteiger partial charge is 0.390 e. The third-order valence-corrected chi connectivity index (χ3v) is 3.76. The van der Waals surface area contributed by atoms with Gasteiger partial charge in [-0.3, -0.25) is 0 Å². The van der Waals surface area contributed by atoms with E-state index in [4.69, 9.17) is 0 Å². The Morgan fingerprint density at radius 2 is 1.56 bits per heavy atom. The number of hydrogen-bond acceptors (Lipinski definition) is 2. The van der Waals surface area contributed by atoms with E-state index in [0.717, 1.165) is 25.9 Å². The molecule has 1 aliphatic heterocycles. The normalized spacial score (nSPS) is 21.4. The van der Waals surface area contributed by atoms with Crippen LogP contribution in [-0.2, 0) is 0 Å². The first-order valence-corrected chi connectivity index (χ1v) is 6.63. The molecule has 1 heterocycles. The van der Waals surface area contributed by atoms with E-state index in [-0.39, 0.29) is 0 Å². The summed E-state index contributed by atoms with van der Waals surface area (Å²) < 4.78 is 0. The summed E-state index contributed by atoms with van der Waals surface area (Å²) in [6.07, 6.45) is 3.56. The molecular formula is C14H29NO. The molecule has 1 fully saturated rings. The Morgan fingerprint density at radius 3 is 1.94 bits per heavy atom. The molecule has 0 bridgehead atoms. The Kier molecular flexibility index (Phi) is 4.42. The van der Waals surface area contributed by atoms with Crippen LogP contribution in [0.1, 0.15) is 53.9 Å². The van der Waals surface area contributed by atoms with Crippen molar-refractivity contribution in [1.29, 1.82) is 0 Å². The van der Waals surface area contributed by atoms with Crippen molar-refractivity contribution in [3.8, 4) is 0 Å². The lowest BCUT2D eigenvalue weighted by atomic mass is 9.83. The average Bonchev–Trinajstić information content (AvgIpc) is 2.13. The maximum Gasteiger partial charge on any atom is 0.0620 e. The molecule has 2 nitrogen and oxygen atoms in total. The molecule has 1 aliphatic rings. The van der Waals surface area contributed by atoms with Crippen molar-refractivity contribution in [2.24, 2.45) is 11.3 Å². The molecule has 1 N–H and O–H groups in total. The standard InChI is InChI=1S/C14H29NO/c1-13(2,3)8-11-15-9-6-12(7-10-15)14(4,5)16/h12,16H,6-11H2,1-5H3. The van der Waals surface area contributed by atoms with E-state index in [1.807, 2.05) is 13.8 Å². The maximum absolute atomic E-state index is 9.97. The summed E-state index contributed by atoms with van der Waals surface area (Å²) in [4.78, 5) is 2.55. The van der Waals surface area contributed by atoms with Gasteiger partial charge in [-0.2, -0.15) is 0 Å². The van der Waals surface area contributed by atoms with Crippen LogP contribution in [0.25, 0.3) is 0 Å². The van der Waals surface area contributed by atoms with E-state index in [0.29, 0.717) is 11.3 Å². The predicted molar refractivity (Wildman–Crippen MR) is 69.5 cm³/mol. The molecule has 0 aliphatic carbocycles. The highest BCUT2D eigenvalue weighted by molar-refractivity contribution is 4.83. The number of hydrogen-bond donors (Lipinski definition) is 1. The van der Waals surface area contributed by atoms with Gasteiger partial charge in [0, 0.05) is 0 Å². The second-order valence-corrected chi connectivity index (χ2v) is 7.08. The lowest BCUT2D eigenvalue weighted by Crippen LogP contribution is -2.42. The summed E-state index contributed by atoms with van der Waals surface area (Å²) in [7, 11) is 0. The summed E-state index contributed by atoms with van der Waals surface area (Å²) in [5, 5.41) is 9.97. The Morgan fingerprint density at radius 1 is 1.06 bits per heavy atom. The third-order valence-electron chi connectivity index (χ3n) is 3.76. The van der Waals surface area contributed by atoms with Gasteiger partial charge in [-0.15, -0.1) is 0 Å². The van der Waals surface area contributed by atoms with Gasteiger partial charge in [-0.05, 0) is 64.1 Å². The zero-order chi connectivity index (χ0) is 12.4. The fraction of sp³-hybridized carbons (Fsp3) is 1.00. The smallest absolute Gasteiger partial charge is 0.0620 e. The molecular weight excluding hydrogens is 198 g/mol. The second kappa shape index (κ2) is 5.05. The lowest BCUT2D eigenvalue weighted by Gasteiger charge is -2.38. The van der Waals surface area contributed by atoms with E-state index >= 15 is 0 Å². The highest BCUT2D eigenvalue weighted by Crippen LogP contribution is 2.28. The van der Waals surface area contributed by atoms with Gasteiger partial charge in [0.1, 0.15) is 0 Å². The fourth-order valence-electron chi connectivity index (χ4n) is 2.36. The van der Waals surface area contributed by atoms with Crippen LogP contribution < -0.4 is 0 Å². The van der Waals surface area contributed by atoms with Crippen molar-refractivity contribution in [2.45, 2.75) is 59.5 Å². The first-order valence-electron chi connectivity index (χ1n) is 6.63. The van der Waals surface area contributed by atoms with Crippen molar-refractivity contribution >= 4 is 0 Å². The molecule has 0 aromatic carbocycles. The zero-order valence-corrected chi connectivity index (χ0v) is 11.7. The minimum Gasteiger partial charge on any atom is -0.390 e. The minimum atomic E-state index is -0.490. The van der Waals surface area contributed by atoms with Crippen LogP contribution in [0.4, 0.5) is 0 Å². The zero-order valence-electron chi connectivity index (χ0n) is 11.7. The van der Waals surface area contributed by atoms with Crippen LogP contribution in [0.2, 0.25) is 0 Å². The minimum absolute atomic E-state index is 0.438. The van der Waals surface area contributed by atoms with Crippen LogP contribution in [0.5, 0.6) is 0 Å². The molecule has 0 radical (unpaired) electrons. The van der Waals surface area contributed by atoms with Gasteiger partial charge >= 0.3 is 0 Å². The molecule has 0 aromatic heterocycles. The van der Waals surface area contributed by atoms with Gasteiger partial charge in [0.15, 0.2) is 0 Å². The van der Waals surface area contributed by atoms with Crippen LogP contribution in [0.3, 0.4) is 0 Å². The van der Waals surface area contributed by atoms with Gasteiger partial charge in [-0.25, -0.2) is 0 Å². The fourth-order valence-corrected chi connectivity index (χ4v) is 2.36. The van der Waals surface area contributed by atoms with Gasteiger partial charge in [0.25, 0.3) is 0 Å². The molecule has 0 saturated carbocycles. The molecule has 2 heteroatoms. The second-order valence-electron chi connectivity index (χ2n) is 7.08. The summed E-state index contributed by atoms with van der Waals surface area (Å²) in [5.41, 5.74) is -0.0524. The highest BCUT2D eigenvalue weighted by atomic mass is 16.3. The van der Waals surface area contributed by atoms with Crippen LogP contribution in [0, 0.1) is 11.3 Å². The topological polar surface area (TPSA) is 23.5 Å². The quantitative estimate of drug-likeness (QED) is 0.801.